The Bertz CT molecular complexity index is 508. The minimum Gasteiger partial charge on any atom is -0.336 e. The van der Waals surface area contributed by atoms with Crippen LogP contribution in [0.5, 0.6) is 0 Å². The second-order valence-electron chi connectivity index (χ2n) is 3.60. The van der Waals surface area contributed by atoms with Gasteiger partial charge >= 0.3 is 0 Å². The number of aromatic amines is 1. The fourth-order valence-electron chi connectivity index (χ4n) is 1.70. The van der Waals surface area contributed by atoms with Crippen molar-refractivity contribution in [3.8, 4) is 0 Å². The second kappa shape index (κ2) is 4.32. The van der Waals surface area contributed by atoms with E-state index in [1.165, 1.54) is 6.07 Å². The molecular formula is C11H14N4O. The molecule has 0 amide bonds. The first kappa shape index (κ1) is 10.6. The Hall–Kier alpha value is -1.88. The van der Waals surface area contributed by atoms with E-state index in [0.717, 1.165) is 11.4 Å². The van der Waals surface area contributed by atoms with Gasteiger partial charge in [-0.15, -0.1) is 0 Å². The molecule has 5 heteroatoms. The molecule has 0 aromatic carbocycles. The minimum atomic E-state index is -0.0987. The van der Waals surface area contributed by atoms with Gasteiger partial charge in [0.2, 0.25) is 5.56 Å². The topological polar surface area (TPSA) is 62.7 Å². The third-order valence-corrected chi connectivity index (χ3v) is 2.55. The van der Waals surface area contributed by atoms with Crippen LogP contribution in [0, 0.1) is 0 Å². The van der Waals surface area contributed by atoms with Crippen molar-refractivity contribution in [1.82, 2.24) is 19.9 Å². The third-order valence-electron chi connectivity index (χ3n) is 2.55. The Balaban J connectivity index is 2.40. The number of aryl methyl sites for hydroxylation is 1. The summed E-state index contributed by atoms with van der Waals surface area (Å²) >= 11 is 0. The van der Waals surface area contributed by atoms with Gasteiger partial charge in [0.25, 0.3) is 0 Å². The van der Waals surface area contributed by atoms with E-state index in [1.54, 1.807) is 18.5 Å². The molecule has 2 aromatic heterocycles. The quantitative estimate of drug-likeness (QED) is 0.784. The monoisotopic (exact) mass is 218 g/mol. The standard InChI is InChI=1S/C11H14N4O/c1-12-10(11-13-5-6-15(11)2)8-3-4-9(16)14-7-8/h3-7,10,12H,1-2H3,(H,14,16). The van der Waals surface area contributed by atoms with E-state index >= 15 is 0 Å². The van der Waals surface area contributed by atoms with Crippen LogP contribution in [0.15, 0.2) is 35.5 Å². The van der Waals surface area contributed by atoms with Crippen molar-refractivity contribution < 1.29 is 0 Å². The molecule has 2 heterocycles. The Kier molecular flexibility index (Phi) is 2.87. The number of hydrogen-bond acceptors (Lipinski definition) is 3. The van der Waals surface area contributed by atoms with Gasteiger partial charge in [-0.25, -0.2) is 4.98 Å². The van der Waals surface area contributed by atoms with E-state index in [9.17, 15) is 4.79 Å². The van der Waals surface area contributed by atoms with E-state index in [2.05, 4.69) is 15.3 Å². The van der Waals surface area contributed by atoms with E-state index in [-0.39, 0.29) is 11.6 Å². The lowest BCUT2D eigenvalue weighted by Gasteiger charge is -2.15. The van der Waals surface area contributed by atoms with E-state index in [4.69, 9.17) is 0 Å². The number of imidazole rings is 1. The molecule has 0 saturated heterocycles. The van der Waals surface area contributed by atoms with Crippen LogP contribution >= 0.6 is 0 Å². The summed E-state index contributed by atoms with van der Waals surface area (Å²) in [6.07, 6.45) is 5.36. The number of nitrogens with one attached hydrogen (secondary N) is 2. The Morgan fingerprint density at radius 2 is 2.31 bits per heavy atom. The summed E-state index contributed by atoms with van der Waals surface area (Å²) in [5.41, 5.74) is 0.884. The summed E-state index contributed by atoms with van der Waals surface area (Å²) in [7, 11) is 3.81. The summed E-state index contributed by atoms with van der Waals surface area (Å²) in [5, 5.41) is 3.18. The molecule has 16 heavy (non-hydrogen) atoms. The highest BCUT2D eigenvalue weighted by Crippen LogP contribution is 2.17. The van der Waals surface area contributed by atoms with Crippen LogP contribution in [-0.4, -0.2) is 21.6 Å². The number of rotatable bonds is 3. The number of aromatic nitrogens is 3. The van der Waals surface area contributed by atoms with Crippen LogP contribution in [0.3, 0.4) is 0 Å². The van der Waals surface area contributed by atoms with Gasteiger partial charge in [-0.2, -0.15) is 0 Å². The molecule has 0 radical (unpaired) electrons. The summed E-state index contributed by atoms with van der Waals surface area (Å²) in [6.45, 7) is 0. The maximum absolute atomic E-state index is 11.0. The van der Waals surface area contributed by atoms with Crippen molar-refractivity contribution in [1.29, 1.82) is 0 Å². The van der Waals surface area contributed by atoms with Crippen molar-refractivity contribution in [2.75, 3.05) is 7.05 Å². The van der Waals surface area contributed by atoms with Crippen molar-refractivity contribution in [2.24, 2.45) is 7.05 Å². The van der Waals surface area contributed by atoms with Crippen molar-refractivity contribution >= 4 is 0 Å². The molecule has 84 valence electrons. The number of pyridine rings is 1. The first-order chi connectivity index (χ1) is 7.72. The highest BCUT2D eigenvalue weighted by Gasteiger charge is 2.15. The summed E-state index contributed by atoms with van der Waals surface area (Å²) < 4.78 is 1.95. The lowest BCUT2D eigenvalue weighted by molar-refractivity contribution is 0.615. The molecule has 2 N–H and O–H groups in total. The van der Waals surface area contributed by atoms with Crippen LogP contribution in [-0.2, 0) is 7.05 Å². The molecule has 0 aliphatic heterocycles. The zero-order valence-corrected chi connectivity index (χ0v) is 9.27. The zero-order valence-electron chi connectivity index (χ0n) is 9.27. The molecule has 0 spiro atoms. The smallest absolute Gasteiger partial charge is 0.247 e. The van der Waals surface area contributed by atoms with Gasteiger partial charge in [0.05, 0.1) is 6.04 Å². The maximum Gasteiger partial charge on any atom is 0.247 e. The summed E-state index contributed by atoms with van der Waals surface area (Å²) in [4.78, 5) is 17.9. The molecule has 0 aliphatic rings. The van der Waals surface area contributed by atoms with Crippen LogP contribution in [0.25, 0.3) is 0 Å². The van der Waals surface area contributed by atoms with Crippen molar-refractivity contribution in [3.63, 3.8) is 0 Å². The molecular weight excluding hydrogens is 204 g/mol. The average Bonchev–Trinajstić information content (AvgIpc) is 2.69. The molecule has 0 aliphatic carbocycles. The largest absolute Gasteiger partial charge is 0.336 e. The summed E-state index contributed by atoms with van der Waals surface area (Å²) in [6, 6.07) is 3.30. The first-order valence-corrected chi connectivity index (χ1v) is 5.05. The van der Waals surface area contributed by atoms with Gasteiger partial charge in [-0.3, -0.25) is 4.79 Å². The van der Waals surface area contributed by atoms with E-state index in [1.807, 2.05) is 24.9 Å². The van der Waals surface area contributed by atoms with Crippen LogP contribution < -0.4 is 10.9 Å². The van der Waals surface area contributed by atoms with Crippen LogP contribution in [0.1, 0.15) is 17.4 Å². The Morgan fingerprint density at radius 3 is 2.81 bits per heavy atom. The molecule has 0 fully saturated rings. The molecule has 0 bridgehead atoms. The normalized spacial score (nSPS) is 12.6. The molecule has 2 aromatic rings. The minimum absolute atomic E-state index is 0.0168. The average molecular weight is 218 g/mol. The van der Waals surface area contributed by atoms with E-state index < -0.39 is 0 Å². The van der Waals surface area contributed by atoms with Gasteiger partial charge < -0.3 is 14.9 Å². The lowest BCUT2D eigenvalue weighted by atomic mass is 10.1. The Labute approximate surface area is 93.2 Å². The maximum atomic E-state index is 11.0. The third kappa shape index (κ3) is 1.90. The van der Waals surface area contributed by atoms with Crippen LogP contribution in [0.4, 0.5) is 0 Å². The highest BCUT2D eigenvalue weighted by atomic mass is 16.1. The molecule has 5 nitrogen and oxygen atoms in total. The molecule has 1 unspecified atom stereocenters. The van der Waals surface area contributed by atoms with Gasteiger partial charge in [0.1, 0.15) is 5.82 Å². The second-order valence-corrected chi connectivity index (χ2v) is 3.60. The Morgan fingerprint density at radius 1 is 1.50 bits per heavy atom. The highest BCUT2D eigenvalue weighted by molar-refractivity contribution is 5.21. The number of H-pyrrole nitrogens is 1. The van der Waals surface area contributed by atoms with Crippen LogP contribution in [0.2, 0.25) is 0 Å². The van der Waals surface area contributed by atoms with Gasteiger partial charge in [-0.1, -0.05) is 6.07 Å². The number of nitrogens with zero attached hydrogens (tertiary/aromatic N) is 2. The predicted octanol–water partition coefficient (Wildman–Crippen LogP) is 0.417. The SMILES string of the molecule is CNC(c1ccc(=O)[nH]c1)c1nccn1C. The zero-order chi connectivity index (χ0) is 11.5. The fourth-order valence-corrected chi connectivity index (χ4v) is 1.70. The fraction of sp³-hybridized carbons (Fsp3) is 0.273. The lowest BCUT2D eigenvalue weighted by Crippen LogP contribution is -2.22. The van der Waals surface area contributed by atoms with Gasteiger partial charge in [0, 0.05) is 31.7 Å². The molecule has 2 rings (SSSR count). The van der Waals surface area contributed by atoms with Gasteiger partial charge in [-0.05, 0) is 12.6 Å². The van der Waals surface area contributed by atoms with Gasteiger partial charge in [0.15, 0.2) is 0 Å². The molecule has 0 saturated carbocycles. The van der Waals surface area contributed by atoms with Crippen molar-refractivity contribution in [3.05, 3.63) is 52.5 Å². The number of hydrogen-bond donors (Lipinski definition) is 2. The molecule has 1 atom stereocenters. The predicted molar refractivity (Wildman–Crippen MR) is 61.2 cm³/mol. The van der Waals surface area contributed by atoms with Crippen molar-refractivity contribution in [2.45, 2.75) is 6.04 Å². The summed E-state index contributed by atoms with van der Waals surface area (Å²) in [5.74, 6) is 0.912. The first-order valence-electron chi connectivity index (χ1n) is 5.05. The van der Waals surface area contributed by atoms with E-state index in [0.29, 0.717) is 0 Å².